The Bertz CT molecular complexity index is 420. The van der Waals surface area contributed by atoms with Crippen molar-refractivity contribution < 1.29 is 13.2 Å². The third kappa shape index (κ3) is 3.03. The second-order valence-electron chi connectivity index (χ2n) is 3.67. The van der Waals surface area contributed by atoms with Crippen LogP contribution in [0, 0.1) is 0 Å². The van der Waals surface area contributed by atoms with Crippen molar-refractivity contribution in [1.29, 1.82) is 0 Å². The number of nitrogens with zero attached hydrogens (tertiary/aromatic N) is 1. The number of rotatable bonds is 2. The molecule has 1 aliphatic rings. The lowest BCUT2D eigenvalue weighted by Gasteiger charge is -2.18. The van der Waals surface area contributed by atoms with Crippen LogP contribution in [0.4, 0.5) is 13.2 Å². The largest absolute Gasteiger partial charge is 0.416 e. The molecule has 0 saturated heterocycles. The van der Waals surface area contributed by atoms with Crippen LogP contribution in [-0.4, -0.2) is 4.90 Å². The van der Waals surface area contributed by atoms with E-state index in [1.807, 2.05) is 17.3 Å². The van der Waals surface area contributed by atoms with Crippen LogP contribution in [0.1, 0.15) is 11.1 Å². The molecule has 1 aromatic carbocycles. The summed E-state index contributed by atoms with van der Waals surface area (Å²) in [4.78, 5) is 1.87. The molecule has 0 aromatic heterocycles. The van der Waals surface area contributed by atoms with Crippen LogP contribution in [-0.2, 0) is 12.7 Å². The van der Waals surface area contributed by atoms with Crippen LogP contribution in [0.25, 0.3) is 0 Å². The predicted molar refractivity (Wildman–Crippen MR) is 58.4 cm³/mol. The Hall–Kier alpha value is -1.91. The van der Waals surface area contributed by atoms with Crippen molar-refractivity contribution in [2.24, 2.45) is 0 Å². The second kappa shape index (κ2) is 4.53. The van der Waals surface area contributed by atoms with Gasteiger partial charge in [0, 0.05) is 31.3 Å². The number of hydrogen-bond acceptors (Lipinski definition) is 2. The summed E-state index contributed by atoms with van der Waals surface area (Å²) in [6, 6.07) is 5.19. The summed E-state index contributed by atoms with van der Waals surface area (Å²) in [6.45, 7) is 0.548. The van der Waals surface area contributed by atoms with Crippen molar-refractivity contribution in [3.63, 3.8) is 0 Å². The molecule has 0 bridgehead atoms. The zero-order valence-corrected chi connectivity index (χ0v) is 8.91. The number of alkyl halides is 3. The lowest BCUT2D eigenvalue weighted by molar-refractivity contribution is -0.137. The Morgan fingerprint density at radius 2 is 1.59 bits per heavy atom. The molecule has 0 unspecified atom stereocenters. The van der Waals surface area contributed by atoms with Crippen LogP contribution < -0.4 is 5.32 Å². The van der Waals surface area contributed by atoms with Gasteiger partial charge in [0.05, 0.1) is 5.56 Å². The molecule has 0 amide bonds. The van der Waals surface area contributed by atoms with E-state index in [1.54, 1.807) is 12.4 Å². The zero-order valence-electron chi connectivity index (χ0n) is 8.91. The van der Waals surface area contributed by atoms with Gasteiger partial charge in [-0.2, -0.15) is 13.2 Å². The molecule has 0 atom stereocenters. The van der Waals surface area contributed by atoms with Crippen LogP contribution in [0.3, 0.4) is 0 Å². The van der Waals surface area contributed by atoms with Gasteiger partial charge in [0.25, 0.3) is 0 Å². The number of halogens is 3. The predicted octanol–water partition coefficient (Wildman–Crippen LogP) is 3.05. The molecule has 1 heterocycles. The van der Waals surface area contributed by atoms with Gasteiger partial charge in [0.2, 0.25) is 0 Å². The van der Waals surface area contributed by atoms with Crippen LogP contribution >= 0.6 is 0 Å². The molecule has 2 rings (SSSR count). The number of nitrogens with one attached hydrogen (secondary N) is 1. The lowest BCUT2D eigenvalue weighted by atomic mass is 10.1. The van der Waals surface area contributed by atoms with Gasteiger partial charge in [-0.25, -0.2) is 0 Å². The van der Waals surface area contributed by atoms with E-state index in [9.17, 15) is 13.2 Å². The van der Waals surface area contributed by atoms with Crippen molar-refractivity contribution in [2.45, 2.75) is 12.7 Å². The molecule has 1 aromatic rings. The Kier molecular flexibility index (Phi) is 3.08. The molecule has 1 aliphatic heterocycles. The van der Waals surface area contributed by atoms with Gasteiger partial charge < -0.3 is 10.2 Å². The van der Waals surface area contributed by atoms with E-state index in [0.717, 1.165) is 17.7 Å². The first-order valence-electron chi connectivity index (χ1n) is 5.07. The molecule has 1 N–H and O–H groups in total. The normalized spacial score (nSPS) is 14.9. The highest BCUT2D eigenvalue weighted by molar-refractivity contribution is 5.25. The summed E-state index contributed by atoms with van der Waals surface area (Å²) in [5.74, 6) is 0. The zero-order chi connectivity index (χ0) is 12.3. The lowest BCUT2D eigenvalue weighted by Crippen LogP contribution is -2.15. The first-order valence-corrected chi connectivity index (χ1v) is 5.07. The Labute approximate surface area is 97.0 Å². The van der Waals surface area contributed by atoms with E-state index in [0.29, 0.717) is 6.54 Å². The highest BCUT2D eigenvalue weighted by Crippen LogP contribution is 2.29. The van der Waals surface area contributed by atoms with Gasteiger partial charge in [-0.3, -0.25) is 0 Å². The van der Waals surface area contributed by atoms with E-state index >= 15 is 0 Å². The minimum atomic E-state index is -4.27. The quantitative estimate of drug-likeness (QED) is 0.854. The maximum atomic E-state index is 12.3. The molecule has 2 nitrogen and oxygen atoms in total. The maximum Gasteiger partial charge on any atom is 0.416 e. The Balaban J connectivity index is 2.05. The monoisotopic (exact) mass is 240 g/mol. The average molecular weight is 240 g/mol. The first-order chi connectivity index (χ1) is 8.05. The minimum absolute atomic E-state index is 0.548. The van der Waals surface area contributed by atoms with Gasteiger partial charge in [-0.1, -0.05) is 12.1 Å². The molecule has 0 fully saturated rings. The van der Waals surface area contributed by atoms with Crippen molar-refractivity contribution >= 4 is 0 Å². The van der Waals surface area contributed by atoms with Crippen LogP contribution in [0.5, 0.6) is 0 Å². The fourth-order valence-electron chi connectivity index (χ4n) is 1.50. The summed E-state index contributed by atoms with van der Waals surface area (Å²) >= 11 is 0. The highest BCUT2D eigenvalue weighted by atomic mass is 19.4. The van der Waals surface area contributed by atoms with Crippen molar-refractivity contribution in [2.75, 3.05) is 0 Å². The minimum Gasteiger partial charge on any atom is -0.365 e. The van der Waals surface area contributed by atoms with E-state index < -0.39 is 11.7 Å². The summed E-state index contributed by atoms with van der Waals surface area (Å²) in [5.41, 5.74) is 0.210. The van der Waals surface area contributed by atoms with Crippen molar-refractivity contribution in [3.05, 3.63) is 60.2 Å². The summed E-state index contributed by atoms with van der Waals surface area (Å²) < 4.78 is 37.0. The third-order valence-corrected chi connectivity index (χ3v) is 2.37. The summed E-state index contributed by atoms with van der Waals surface area (Å²) in [5, 5.41) is 2.88. The van der Waals surface area contributed by atoms with Gasteiger partial charge in [0.15, 0.2) is 0 Å². The van der Waals surface area contributed by atoms with E-state index in [2.05, 4.69) is 5.32 Å². The average Bonchev–Trinajstić information content (AvgIpc) is 2.30. The van der Waals surface area contributed by atoms with Gasteiger partial charge in [0.1, 0.15) is 0 Å². The molecule has 0 aliphatic carbocycles. The van der Waals surface area contributed by atoms with Crippen molar-refractivity contribution in [3.8, 4) is 0 Å². The smallest absolute Gasteiger partial charge is 0.365 e. The summed E-state index contributed by atoms with van der Waals surface area (Å²) in [6.07, 6.45) is 2.87. The van der Waals surface area contributed by atoms with E-state index in [1.165, 1.54) is 12.1 Å². The van der Waals surface area contributed by atoms with Gasteiger partial charge in [-0.15, -0.1) is 0 Å². The fourth-order valence-corrected chi connectivity index (χ4v) is 1.50. The molecular weight excluding hydrogens is 229 g/mol. The van der Waals surface area contributed by atoms with E-state index in [4.69, 9.17) is 0 Å². The molecule has 0 spiro atoms. The van der Waals surface area contributed by atoms with Crippen LogP contribution in [0.2, 0.25) is 0 Å². The van der Waals surface area contributed by atoms with Crippen LogP contribution in [0.15, 0.2) is 49.1 Å². The SMILES string of the molecule is FC(F)(F)c1ccc(CN2C=CNC=C2)cc1. The topological polar surface area (TPSA) is 15.3 Å². The second-order valence-corrected chi connectivity index (χ2v) is 3.67. The molecule has 17 heavy (non-hydrogen) atoms. The maximum absolute atomic E-state index is 12.3. The van der Waals surface area contributed by atoms with Crippen molar-refractivity contribution in [1.82, 2.24) is 10.2 Å². The Morgan fingerprint density at radius 1 is 1.00 bits per heavy atom. The molecule has 0 radical (unpaired) electrons. The standard InChI is InChI=1S/C12H11F3N2/c13-12(14,15)11-3-1-10(2-4-11)9-17-7-5-16-6-8-17/h1-8,16H,9H2. The van der Waals surface area contributed by atoms with E-state index in [-0.39, 0.29) is 0 Å². The highest BCUT2D eigenvalue weighted by Gasteiger charge is 2.29. The number of benzene rings is 1. The fraction of sp³-hybridized carbons (Fsp3) is 0.167. The molecule has 90 valence electrons. The Morgan fingerprint density at radius 3 is 2.12 bits per heavy atom. The molecular formula is C12H11F3N2. The first kappa shape index (κ1) is 11.6. The number of hydrogen-bond donors (Lipinski definition) is 1. The summed E-state index contributed by atoms with van der Waals surface area (Å²) in [7, 11) is 0. The molecule has 0 saturated carbocycles. The molecule has 5 heteroatoms. The van der Waals surface area contributed by atoms with Gasteiger partial charge in [-0.05, 0) is 17.7 Å². The third-order valence-electron chi connectivity index (χ3n) is 2.37. The van der Waals surface area contributed by atoms with Gasteiger partial charge >= 0.3 is 6.18 Å².